The van der Waals surface area contributed by atoms with Crippen molar-refractivity contribution in [3.63, 3.8) is 0 Å². The van der Waals surface area contributed by atoms with Gasteiger partial charge in [-0.05, 0) is 90.3 Å². The Morgan fingerprint density at radius 2 is 1.71 bits per heavy atom. The van der Waals surface area contributed by atoms with E-state index in [9.17, 15) is 14.7 Å². The van der Waals surface area contributed by atoms with Crippen LogP contribution >= 0.6 is 23.5 Å². The fourth-order valence-electron chi connectivity index (χ4n) is 4.33. The van der Waals surface area contributed by atoms with Crippen LogP contribution in [-0.2, 0) is 22.7 Å². The summed E-state index contributed by atoms with van der Waals surface area (Å²) in [6.07, 6.45) is 4.23. The van der Waals surface area contributed by atoms with Crippen LogP contribution in [0.3, 0.4) is 0 Å². The Hall–Kier alpha value is -2.86. The number of amides is 1. The van der Waals surface area contributed by atoms with Gasteiger partial charge in [0.1, 0.15) is 18.1 Å². The minimum atomic E-state index is -1.29. The Morgan fingerprint density at radius 1 is 0.951 bits per heavy atom. The third kappa shape index (κ3) is 8.81. The van der Waals surface area contributed by atoms with Crippen molar-refractivity contribution in [1.29, 1.82) is 0 Å². The van der Waals surface area contributed by atoms with Crippen molar-refractivity contribution in [1.82, 2.24) is 5.32 Å². The molecule has 6 nitrogen and oxygen atoms in total. The van der Waals surface area contributed by atoms with Crippen LogP contribution in [0.1, 0.15) is 33.7 Å². The van der Waals surface area contributed by atoms with Crippen molar-refractivity contribution in [2.75, 3.05) is 18.3 Å². The summed E-state index contributed by atoms with van der Waals surface area (Å²) in [6, 6.07) is 24.3. The standard InChI is InChI=1S/C32H33NO5S2.Li/c1-21-6-4-5-7-26(21)28-18-22(8-14-27(28)31(34)33-29(32(35)36)16-17-39-2)19-37-20-24-11-15-30(38-24)23-9-12-25(40-3)13-10-23;/h4-15,18,29H,16-17,19-20H2,1-3H3,(H,33,34)(H,35,36);/q;+1/p-1/t29-;/m0./s1. The maximum Gasteiger partial charge on any atom is 1.00 e. The molecule has 0 spiro atoms. The first-order valence-corrected chi connectivity index (χ1v) is 15.5. The fourth-order valence-corrected chi connectivity index (χ4v) is 5.21. The van der Waals surface area contributed by atoms with Gasteiger partial charge >= 0.3 is 18.9 Å². The number of ether oxygens (including phenoxy) is 1. The molecule has 0 saturated heterocycles. The van der Waals surface area contributed by atoms with E-state index in [2.05, 4.69) is 17.4 Å². The molecule has 41 heavy (non-hydrogen) atoms. The zero-order valence-corrected chi connectivity index (χ0v) is 25.4. The van der Waals surface area contributed by atoms with Gasteiger partial charge in [0.25, 0.3) is 5.91 Å². The number of carbonyl (C=O) groups is 2. The van der Waals surface area contributed by atoms with Crippen LogP contribution in [-0.4, -0.2) is 36.2 Å². The van der Waals surface area contributed by atoms with E-state index in [-0.39, 0.29) is 18.9 Å². The molecule has 208 valence electrons. The van der Waals surface area contributed by atoms with Gasteiger partial charge in [-0.3, -0.25) is 4.79 Å². The molecule has 3 aromatic carbocycles. The smallest absolute Gasteiger partial charge is 0.548 e. The van der Waals surface area contributed by atoms with Crippen LogP contribution in [0, 0.1) is 6.92 Å². The van der Waals surface area contributed by atoms with Crippen molar-refractivity contribution >= 4 is 35.4 Å². The SMILES string of the molecule is CSCC[C@H](NC(=O)c1ccc(COCc2ccc(-c3ccc(SC)cc3)o2)cc1-c1ccccc1C)C(=O)[O-].[Li+]. The monoisotopic (exact) mass is 581 g/mol. The van der Waals surface area contributed by atoms with E-state index in [0.29, 0.717) is 36.5 Å². The van der Waals surface area contributed by atoms with Crippen molar-refractivity contribution < 1.29 is 42.7 Å². The Labute approximate surface area is 261 Å². The number of carbonyl (C=O) groups excluding carboxylic acids is 2. The molecule has 1 N–H and O–H groups in total. The number of rotatable bonds is 13. The van der Waals surface area contributed by atoms with E-state index >= 15 is 0 Å². The van der Waals surface area contributed by atoms with E-state index in [1.165, 1.54) is 16.7 Å². The first-order valence-electron chi connectivity index (χ1n) is 12.9. The molecule has 1 amide bonds. The summed E-state index contributed by atoms with van der Waals surface area (Å²) in [5.41, 5.74) is 4.90. The van der Waals surface area contributed by atoms with Crippen LogP contribution in [0.15, 0.2) is 88.2 Å². The van der Waals surface area contributed by atoms with Crippen LogP contribution in [0.4, 0.5) is 0 Å². The van der Waals surface area contributed by atoms with E-state index < -0.39 is 17.9 Å². The molecule has 0 bridgehead atoms. The van der Waals surface area contributed by atoms with Crippen molar-refractivity contribution in [3.8, 4) is 22.5 Å². The molecule has 0 saturated carbocycles. The molecule has 0 fully saturated rings. The predicted molar refractivity (Wildman–Crippen MR) is 160 cm³/mol. The summed E-state index contributed by atoms with van der Waals surface area (Å²) in [4.78, 5) is 26.1. The topological polar surface area (TPSA) is 91.6 Å². The Bertz CT molecular complexity index is 1450. The van der Waals surface area contributed by atoms with Gasteiger partial charge in [0.2, 0.25) is 0 Å². The molecular weight excluding hydrogens is 549 g/mol. The van der Waals surface area contributed by atoms with Crippen LogP contribution in [0.25, 0.3) is 22.5 Å². The van der Waals surface area contributed by atoms with E-state index in [1.54, 1.807) is 17.8 Å². The van der Waals surface area contributed by atoms with Gasteiger partial charge in [-0.2, -0.15) is 11.8 Å². The summed E-state index contributed by atoms with van der Waals surface area (Å²) in [5, 5.41) is 14.3. The molecule has 4 aromatic rings. The number of benzene rings is 3. The Kier molecular flexibility index (Phi) is 12.7. The van der Waals surface area contributed by atoms with Crippen LogP contribution in [0.5, 0.6) is 0 Å². The summed E-state index contributed by atoms with van der Waals surface area (Å²) in [7, 11) is 0. The minimum Gasteiger partial charge on any atom is -0.548 e. The van der Waals surface area contributed by atoms with E-state index in [4.69, 9.17) is 9.15 Å². The average Bonchev–Trinajstić information content (AvgIpc) is 3.44. The number of thioether (sulfide) groups is 2. The zero-order chi connectivity index (χ0) is 28.5. The second kappa shape index (κ2) is 16.0. The molecule has 0 aliphatic rings. The summed E-state index contributed by atoms with van der Waals surface area (Å²) >= 11 is 3.21. The first-order chi connectivity index (χ1) is 19.4. The van der Waals surface area contributed by atoms with Gasteiger partial charge in [0, 0.05) is 16.0 Å². The third-order valence-corrected chi connectivity index (χ3v) is 7.90. The number of hydrogen-bond acceptors (Lipinski definition) is 7. The molecule has 0 aliphatic heterocycles. The van der Waals surface area contributed by atoms with Crippen LogP contribution < -0.4 is 29.3 Å². The quantitative estimate of drug-likeness (QED) is 0.192. The minimum absolute atomic E-state index is 0. The van der Waals surface area contributed by atoms with E-state index in [0.717, 1.165) is 33.8 Å². The second-order valence-corrected chi connectivity index (χ2v) is 11.2. The van der Waals surface area contributed by atoms with Crippen molar-refractivity contribution in [3.05, 3.63) is 101 Å². The number of aryl methyl sites for hydroxylation is 1. The predicted octanol–water partition coefficient (Wildman–Crippen LogP) is 2.97. The van der Waals surface area contributed by atoms with E-state index in [1.807, 2.05) is 80.1 Å². The Balaban J connectivity index is 0.00000462. The number of hydrogen-bond donors (Lipinski definition) is 1. The summed E-state index contributed by atoms with van der Waals surface area (Å²) < 4.78 is 12.0. The number of aliphatic carboxylic acids is 1. The van der Waals surface area contributed by atoms with Crippen molar-refractivity contribution in [2.45, 2.75) is 37.5 Å². The van der Waals surface area contributed by atoms with Gasteiger partial charge in [0.05, 0.1) is 18.6 Å². The maximum absolute atomic E-state index is 13.2. The molecule has 0 aliphatic carbocycles. The molecule has 1 atom stereocenters. The second-order valence-electron chi connectivity index (χ2n) is 9.31. The Morgan fingerprint density at radius 3 is 2.39 bits per heavy atom. The van der Waals surface area contributed by atoms with Crippen LogP contribution in [0.2, 0.25) is 0 Å². The van der Waals surface area contributed by atoms with Gasteiger partial charge in [-0.1, -0.05) is 42.5 Å². The third-order valence-electron chi connectivity index (χ3n) is 6.51. The molecule has 1 aromatic heterocycles. The normalized spacial score (nSPS) is 11.5. The molecule has 1 heterocycles. The molecule has 0 radical (unpaired) electrons. The van der Waals surface area contributed by atoms with Gasteiger partial charge in [-0.15, -0.1) is 11.8 Å². The zero-order valence-electron chi connectivity index (χ0n) is 23.8. The maximum atomic E-state index is 13.2. The molecule has 0 unspecified atom stereocenters. The number of carboxylic acid groups (broad SMARTS) is 1. The molecule has 4 rings (SSSR count). The first kappa shape index (κ1) is 32.6. The van der Waals surface area contributed by atoms with Gasteiger partial charge in [0.15, 0.2) is 0 Å². The fraction of sp³-hybridized carbons (Fsp3) is 0.250. The molecule has 9 heteroatoms. The molecular formula is C32H32LiNO5S2. The summed E-state index contributed by atoms with van der Waals surface area (Å²) in [5.74, 6) is 0.368. The number of carboxylic acids is 1. The van der Waals surface area contributed by atoms with Gasteiger partial charge < -0.3 is 24.4 Å². The van der Waals surface area contributed by atoms with Crippen molar-refractivity contribution in [2.24, 2.45) is 0 Å². The number of nitrogens with one attached hydrogen (secondary N) is 1. The average molecular weight is 582 g/mol. The number of furan rings is 1. The largest absolute Gasteiger partial charge is 1.00 e. The summed E-state index contributed by atoms with van der Waals surface area (Å²) in [6.45, 7) is 2.59. The van der Waals surface area contributed by atoms with Gasteiger partial charge in [-0.25, -0.2) is 0 Å².